The second-order valence-electron chi connectivity index (χ2n) is 8.52. The number of fused-ring (bicyclic) bond motifs is 1. The number of rotatable bonds is 7. The van der Waals surface area contributed by atoms with E-state index in [1.54, 1.807) is 13.2 Å². The van der Waals surface area contributed by atoms with Crippen LogP contribution in [0.3, 0.4) is 0 Å². The van der Waals surface area contributed by atoms with Crippen LogP contribution in [-0.2, 0) is 11.2 Å². The van der Waals surface area contributed by atoms with E-state index in [0.29, 0.717) is 30.4 Å². The Morgan fingerprint density at radius 1 is 1.24 bits per heavy atom. The van der Waals surface area contributed by atoms with E-state index in [9.17, 15) is 9.59 Å². The average Bonchev–Trinajstić information content (AvgIpc) is 3.18. The summed E-state index contributed by atoms with van der Waals surface area (Å²) in [5.74, 6) is 0.804. The molecule has 1 fully saturated rings. The maximum absolute atomic E-state index is 13.0. The van der Waals surface area contributed by atoms with Crippen LogP contribution in [0.5, 0.6) is 5.88 Å². The van der Waals surface area contributed by atoms with Crippen molar-refractivity contribution in [3.63, 3.8) is 0 Å². The highest BCUT2D eigenvalue weighted by molar-refractivity contribution is 6.13. The summed E-state index contributed by atoms with van der Waals surface area (Å²) >= 11 is 0. The van der Waals surface area contributed by atoms with Crippen LogP contribution in [0.4, 0.5) is 11.5 Å². The lowest BCUT2D eigenvalue weighted by atomic mass is 9.91. The minimum atomic E-state index is -0.460. The van der Waals surface area contributed by atoms with Crippen molar-refractivity contribution in [2.24, 2.45) is 0 Å². The van der Waals surface area contributed by atoms with Crippen LogP contribution < -0.4 is 25.6 Å². The average molecular weight is 516 g/mol. The Bertz CT molecular complexity index is 1010. The molecule has 0 saturated carbocycles. The number of halogens is 2. The molecule has 4 heterocycles. The van der Waals surface area contributed by atoms with Crippen molar-refractivity contribution in [3.05, 3.63) is 35.3 Å². The van der Waals surface area contributed by atoms with Crippen LogP contribution in [0, 0.1) is 0 Å². The summed E-state index contributed by atoms with van der Waals surface area (Å²) in [6.07, 6.45) is 1.84. The lowest BCUT2D eigenvalue weighted by Gasteiger charge is -2.29. The van der Waals surface area contributed by atoms with Crippen molar-refractivity contribution in [2.45, 2.75) is 25.8 Å². The van der Waals surface area contributed by atoms with Gasteiger partial charge in [-0.05, 0) is 26.0 Å². The van der Waals surface area contributed by atoms with Crippen molar-refractivity contribution < 1.29 is 23.5 Å². The van der Waals surface area contributed by atoms with Gasteiger partial charge in [-0.3, -0.25) is 9.59 Å². The van der Waals surface area contributed by atoms with Gasteiger partial charge >= 0.3 is 0 Å². The number of carbonyl (C=O) groups is 2. The zero-order valence-corrected chi connectivity index (χ0v) is 21.1. The molecule has 10 nitrogen and oxygen atoms in total. The van der Waals surface area contributed by atoms with Gasteiger partial charge < -0.3 is 34.7 Å². The third kappa shape index (κ3) is 6.12. The number of nitrogens with one attached hydrogen (secondary N) is 3. The number of pyridine rings is 1. The fourth-order valence-corrected chi connectivity index (χ4v) is 3.88. The van der Waals surface area contributed by atoms with Gasteiger partial charge in [0.25, 0.3) is 11.8 Å². The first-order chi connectivity index (χ1) is 15.4. The molecule has 2 aromatic heterocycles. The van der Waals surface area contributed by atoms with Crippen LogP contribution in [-0.4, -0.2) is 68.8 Å². The first kappa shape index (κ1) is 27.7. The number of aromatic nitrogens is 1. The Kier molecular flexibility index (Phi) is 9.57. The monoisotopic (exact) mass is 515 g/mol. The molecule has 34 heavy (non-hydrogen) atoms. The minimum Gasteiger partial charge on any atom is -0.474 e. The fourth-order valence-electron chi connectivity index (χ4n) is 3.88. The third-order valence-electron chi connectivity index (χ3n) is 5.45. The first-order valence-electron chi connectivity index (χ1n) is 10.7. The van der Waals surface area contributed by atoms with Gasteiger partial charge in [0, 0.05) is 45.2 Å². The van der Waals surface area contributed by atoms with E-state index in [-0.39, 0.29) is 48.5 Å². The number of anilines is 2. The molecule has 12 heteroatoms. The van der Waals surface area contributed by atoms with Gasteiger partial charge in [0.1, 0.15) is 30.1 Å². The summed E-state index contributed by atoms with van der Waals surface area (Å²) in [6, 6.07) is 3.62. The van der Waals surface area contributed by atoms with E-state index >= 15 is 0 Å². The number of hydrogen-bond donors (Lipinski definition) is 3. The summed E-state index contributed by atoms with van der Waals surface area (Å²) in [7, 11) is 1.59. The second-order valence-corrected chi connectivity index (χ2v) is 8.52. The molecule has 0 radical (unpaired) electrons. The number of furan rings is 1. The zero-order chi connectivity index (χ0) is 22.7. The number of hydrogen-bond acceptors (Lipinski definition) is 8. The molecular weight excluding hydrogens is 485 g/mol. The molecule has 3 N–H and O–H groups in total. The van der Waals surface area contributed by atoms with E-state index < -0.39 is 11.4 Å². The van der Waals surface area contributed by atoms with Crippen LogP contribution in [0.25, 0.3) is 0 Å². The summed E-state index contributed by atoms with van der Waals surface area (Å²) < 4.78 is 16.4. The van der Waals surface area contributed by atoms with Crippen LogP contribution in [0.15, 0.2) is 22.8 Å². The third-order valence-corrected chi connectivity index (χ3v) is 5.45. The van der Waals surface area contributed by atoms with Crippen LogP contribution in [0.2, 0.25) is 0 Å². The highest BCUT2D eigenvalue weighted by atomic mass is 35.5. The Morgan fingerprint density at radius 2 is 1.97 bits per heavy atom. The Morgan fingerprint density at radius 3 is 2.68 bits per heavy atom. The molecule has 2 aliphatic rings. The number of carbonyl (C=O) groups excluding carboxylic acids is 2. The van der Waals surface area contributed by atoms with Crippen molar-refractivity contribution in [2.75, 3.05) is 56.7 Å². The van der Waals surface area contributed by atoms with Gasteiger partial charge in [-0.15, -0.1) is 24.8 Å². The van der Waals surface area contributed by atoms with Crippen LogP contribution >= 0.6 is 24.8 Å². The smallest absolute Gasteiger partial charge is 0.259 e. The number of ether oxygens (including phenoxy) is 2. The molecule has 2 aromatic rings. The minimum absolute atomic E-state index is 0. The predicted molar refractivity (Wildman–Crippen MR) is 133 cm³/mol. The lowest BCUT2D eigenvalue weighted by molar-refractivity contribution is 0.0882. The van der Waals surface area contributed by atoms with E-state index in [4.69, 9.17) is 13.9 Å². The van der Waals surface area contributed by atoms with Crippen molar-refractivity contribution >= 4 is 48.1 Å². The first-order valence-corrected chi connectivity index (χ1v) is 10.7. The fraction of sp³-hybridized carbons (Fsp3) is 0.500. The van der Waals surface area contributed by atoms with Gasteiger partial charge in [0.2, 0.25) is 5.88 Å². The van der Waals surface area contributed by atoms with E-state index in [0.717, 1.165) is 32.0 Å². The van der Waals surface area contributed by atoms with Gasteiger partial charge in [-0.1, -0.05) is 0 Å². The second kappa shape index (κ2) is 11.7. The predicted octanol–water partition coefficient (Wildman–Crippen LogP) is 2.27. The number of piperazine rings is 1. The molecule has 0 atom stereocenters. The number of amides is 2. The van der Waals surface area contributed by atoms with Crippen molar-refractivity contribution in [1.29, 1.82) is 0 Å². The normalized spacial score (nSPS) is 16.4. The van der Waals surface area contributed by atoms with E-state index in [2.05, 4.69) is 25.8 Å². The maximum Gasteiger partial charge on any atom is 0.259 e. The summed E-state index contributed by atoms with van der Waals surface area (Å²) in [5.41, 5.74) is 0.439. The van der Waals surface area contributed by atoms with Crippen LogP contribution in [0.1, 0.15) is 40.3 Å². The highest BCUT2D eigenvalue weighted by Gasteiger charge is 2.36. The summed E-state index contributed by atoms with van der Waals surface area (Å²) in [6.45, 7) is 7.92. The maximum atomic E-state index is 13.0. The van der Waals surface area contributed by atoms with Crippen molar-refractivity contribution in [1.82, 2.24) is 15.6 Å². The van der Waals surface area contributed by atoms with E-state index in [1.807, 2.05) is 19.9 Å². The van der Waals surface area contributed by atoms with Gasteiger partial charge in [0.05, 0.1) is 17.7 Å². The van der Waals surface area contributed by atoms with E-state index in [1.165, 1.54) is 6.26 Å². The Hall–Kier alpha value is -2.53. The molecule has 0 spiro atoms. The quantitative estimate of drug-likeness (QED) is 0.480. The molecule has 2 amide bonds. The lowest BCUT2D eigenvalue weighted by Crippen LogP contribution is -2.49. The largest absolute Gasteiger partial charge is 0.474 e. The standard InChI is InChI=1S/C22H29N5O5.2ClH/c1-22(2)12-16-18(20(29)26-22)14(13-32-16)19(28)24-15-4-5-17(27-8-6-23-7-9-27)25-21(15)31-11-10-30-3;;/h4-5,13,23H,6-12H2,1-3H3,(H,24,28)(H,26,29);2*1H. The highest BCUT2D eigenvalue weighted by Crippen LogP contribution is 2.30. The molecule has 0 bridgehead atoms. The van der Waals surface area contributed by atoms with Gasteiger partial charge in [0.15, 0.2) is 0 Å². The molecule has 2 aliphatic heterocycles. The molecule has 0 aromatic carbocycles. The molecular formula is C22H31Cl2N5O5. The SMILES string of the molecule is COCCOc1nc(N2CCNCC2)ccc1NC(=O)c1coc2c1C(=O)NC(C)(C)C2.Cl.Cl. The molecule has 0 unspecified atom stereocenters. The van der Waals surface area contributed by atoms with Crippen molar-refractivity contribution in [3.8, 4) is 5.88 Å². The molecule has 188 valence electrons. The molecule has 1 saturated heterocycles. The summed E-state index contributed by atoms with van der Waals surface area (Å²) in [4.78, 5) is 32.4. The topological polar surface area (TPSA) is 118 Å². The number of nitrogens with zero attached hydrogens (tertiary/aromatic N) is 2. The Labute approximate surface area is 211 Å². The molecule has 4 rings (SSSR count). The Balaban J connectivity index is 0.00000204. The van der Waals surface area contributed by atoms with Gasteiger partial charge in [-0.25, -0.2) is 0 Å². The summed E-state index contributed by atoms with van der Waals surface area (Å²) in [5, 5.41) is 9.04. The molecule has 0 aliphatic carbocycles. The van der Waals surface area contributed by atoms with Gasteiger partial charge in [-0.2, -0.15) is 4.98 Å². The number of methoxy groups -OCH3 is 1. The zero-order valence-electron chi connectivity index (χ0n) is 19.4.